The molecular weight excluding hydrogens is 298 g/mol. The summed E-state index contributed by atoms with van der Waals surface area (Å²) in [5.41, 5.74) is 0.361. The molecule has 0 aliphatic carbocycles. The van der Waals surface area contributed by atoms with Crippen LogP contribution in [0.25, 0.3) is 0 Å². The van der Waals surface area contributed by atoms with Crippen molar-refractivity contribution in [1.29, 1.82) is 0 Å². The van der Waals surface area contributed by atoms with Crippen molar-refractivity contribution >= 4 is 11.6 Å². The molecule has 0 fully saturated rings. The predicted molar refractivity (Wildman–Crippen MR) is 76.8 cm³/mol. The molecule has 2 rings (SSSR count). The summed E-state index contributed by atoms with van der Waals surface area (Å²) < 4.78 is 52.2. The highest BCUT2D eigenvalue weighted by Gasteiger charge is 2.22. The van der Waals surface area contributed by atoms with Crippen molar-refractivity contribution < 1.29 is 22.4 Å². The van der Waals surface area contributed by atoms with E-state index in [0.29, 0.717) is 11.8 Å². The summed E-state index contributed by atoms with van der Waals surface area (Å²) in [6.07, 6.45) is 0. The maximum absolute atomic E-state index is 13.4. The van der Waals surface area contributed by atoms with E-state index in [-0.39, 0.29) is 0 Å². The fraction of sp³-hybridized carbons (Fsp3) is 0.188. The Morgan fingerprint density at radius 3 is 2.00 bits per heavy atom. The van der Waals surface area contributed by atoms with E-state index in [1.807, 2.05) is 20.8 Å². The summed E-state index contributed by atoms with van der Waals surface area (Å²) >= 11 is 0. The Bertz CT molecular complexity index is 669. The van der Waals surface area contributed by atoms with Crippen LogP contribution in [0.2, 0.25) is 0 Å². The van der Waals surface area contributed by atoms with Crippen LogP contribution in [-0.2, 0) is 0 Å². The molecular formula is C16H15F4NO. The van der Waals surface area contributed by atoms with Crippen molar-refractivity contribution in [2.45, 2.75) is 20.8 Å². The van der Waals surface area contributed by atoms with Crippen LogP contribution in [-0.4, -0.2) is 5.91 Å². The Morgan fingerprint density at radius 2 is 1.45 bits per heavy atom. The van der Waals surface area contributed by atoms with Gasteiger partial charge in [-0.3, -0.25) is 4.79 Å². The van der Waals surface area contributed by atoms with Gasteiger partial charge in [0.05, 0.1) is 5.56 Å². The molecule has 1 amide bonds. The fourth-order valence-corrected chi connectivity index (χ4v) is 1.57. The number of halogens is 4. The van der Waals surface area contributed by atoms with Crippen LogP contribution in [0.5, 0.6) is 0 Å². The fourth-order valence-electron chi connectivity index (χ4n) is 1.57. The molecule has 0 unspecified atom stereocenters. The van der Waals surface area contributed by atoms with E-state index in [4.69, 9.17) is 0 Å². The van der Waals surface area contributed by atoms with Crippen LogP contribution in [0, 0.1) is 30.2 Å². The number of nitrogens with one attached hydrogen (secondary N) is 1. The van der Waals surface area contributed by atoms with E-state index < -0.39 is 34.7 Å². The largest absolute Gasteiger partial charge is 0.322 e. The Balaban J connectivity index is 0.00000116. The van der Waals surface area contributed by atoms with Crippen molar-refractivity contribution in [3.8, 4) is 0 Å². The Labute approximate surface area is 125 Å². The van der Waals surface area contributed by atoms with E-state index >= 15 is 0 Å². The Morgan fingerprint density at radius 1 is 0.909 bits per heavy atom. The summed E-state index contributed by atoms with van der Waals surface area (Å²) in [5, 5.41) is 2.27. The molecule has 2 aromatic rings. The van der Waals surface area contributed by atoms with Crippen LogP contribution >= 0.6 is 0 Å². The third-order valence-electron chi connectivity index (χ3n) is 2.66. The molecule has 0 saturated heterocycles. The molecule has 0 saturated carbocycles. The Kier molecular flexibility index (Phi) is 6.10. The van der Waals surface area contributed by atoms with Gasteiger partial charge >= 0.3 is 0 Å². The van der Waals surface area contributed by atoms with E-state index in [9.17, 15) is 22.4 Å². The van der Waals surface area contributed by atoms with Gasteiger partial charge in [-0.15, -0.1) is 0 Å². The van der Waals surface area contributed by atoms with E-state index in [0.717, 1.165) is 5.56 Å². The highest BCUT2D eigenvalue weighted by atomic mass is 19.2. The first kappa shape index (κ1) is 17.7. The summed E-state index contributed by atoms with van der Waals surface area (Å²) in [6, 6.07) is 6.79. The zero-order valence-corrected chi connectivity index (χ0v) is 12.3. The van der Waals surface area contributed by atoms with E-state index in [1.165, 1.54) is 0 Å². The molecule has 6 heteroatoms. The molecule has 0 atom stereocenters. The normalized spacial score (nSPS) is 9.77. The first-order valence-electron chi connectivity index (χ1n) is 6.61. The molecule has 0 bridgehead atoms. The van der Waals surface area contributed by atoms with Gasteiger partial charge in [0.2, 0.25) is 0 Å². The van der Waals surface area contributed by atoms with Crippen molar-refractivity contribution in [2.24, 2.45) is 0 Å². The third kappa shape index (κ3) is 3.84. The van der Waals surface area contributed by atoms with Crippen molar-refractivity contribution in [1.82, 2.24) is 0 Å². The number of carbonyl (C=O) groups is 1. The minimum absolute atomic E-state index is 0.317. The topological polar surface area (TPSA) is 29.1 Å². The van der Waals surface area contributed by atoms with Crippen molar-refractivity contribution in [2.75, 3.05) is 5.32 Å². The number of hydrogen-bond acceptors (Lipinski definition) is 1. The van der Waals surface area contributed by atoms with Gasteiger partial charge < -0.3 is 5.32 Å². The molecule has 0 radical (unpaired) electrons. The summed E-state index contributed by atoms with van der Waals surface area (Å²) in [6.45, 7) is 5.83. The lowest BCUT2D eigenvalue weighted by Crippen LogP contribution is -2.16. The highest BCUT2D eigenvalue weighted by molar-refractivity contribution is 6.04. The van der Waals surface area contributed by atoms with Gasteiger partial charge in [0.15, 0.2) is 23.3 Å². The SMILES string of the molecule is CC.Cc1ccc(NC(=O)c2cc(F)c(F)c(F)c2F)cc1. The number of benzene rings is 2. The number of anilines is 1. The van der Waals surface area contributed by atoms with Gasteiger partial charge in [-0.2, -0.15) is 0 Å². The van der Waals surface area contributed by atoms with Crippen LogP contribution in [0.4, 0.5) is 23.2 Å². The van der Waals surface area contributed by atoms with Crippen LogP contribution in [0.3, 0.4) is 0 Å². The molecule has 2 nitrogen and oxygen atoms in total. The monoisotopic (exact) mass is 313 g/mol. The van der Waals surface area contributed by atoms with Gasteiger partial charge in [-0.25, -0.2) is 17.6 Å². The zero-order valence-electron chi connectivity index (χ0n) is 12.3. The molecule has 0 heterocycles. The lowest BCUT2D eigenvalue weighted by atomic mass is 10.1. The number of aryl methyl sites for hydroxylation is 1. The number of amides is 1. The van der Waals surface area contributed by atoms with E-state index in [2.05, 4.69) is 5.32 Å². The van der Waals surface area contributed by atoms with Gasteiger partial charge in [-0.1, -0.05) is 31.5 Å². The lowest BCUT2D eigenvalue weighted by molar-refractivity contribution is 0.102. The van der Waals surface area contributed by atoms with Gasteiger partial charge in [-0.05, 0) is 25.1 Å². The van der Waals surface area contributed by atoms with Gasteiger partial charge in [0, 0.05) is 5.69 Å². The van der Waals surface area contributed by atoms with Crippen LogP contribution in [0.15, 0.2) is 30.3 Å². The van der Waals surface area contributed by atoms with E-state index in [1.54, 1.807) is 24.3 Å². The van der Waals surface area contributed by atoms with Crippen molar-refractivity contribution in [3.63, 3.8) is 0 Å². The first-order chi connectivity index (χ1) is 10.4. The number of carbonyl (C=O) groups excluding carboxylic acids is 1. The summed E-state index contributed by atoms with van der Waals surface area (Å²) in [5.74, 6) is -8.39. The maximum Gasteiger partial charge on any atom is 0.258 e. The lowest BCUT2D eigenvalue weighted by Gasteiger charge is -2.08. The molecule has 2 aromatic carbocycles. The maximum atomic E-state index is 13.4. The minimum atomic E-state index is -2.01. The first-order valence-corrected chi connectivity index (χ1v) is 6.61. The average molecular weight is 313 g/mol. The quantitative estimate of drug-likeness (QED) is 0.480. The molecule has 118 valence electrons. The minimum Gasteiger partial charge on any atom is -0.322 e. The predicted octanol–water partition coefficient (Wildman–Crippen LogP) is 4.83. The zero-order chi connectivity index (χ0) is 16.9. The highest BCUT2D eigenvalue weighted by Crippen LogP contribution is 2.20. The molecule has 0 aliphatic rings. The van der Waals surface area contributed by atoms with Crippen LogP contribution < -0.4 is 5.32 Å². The Hall–Kier alpha value is -2.37. The molecule has 22 heavy (non-hydrogen) atoms. The molecule has 1 N–H and O–H groups in total. The smallest absolute Gasteiger partial charge is 0.258 e. The van der Waals surface area contributed by atoms with Gasteiger partial charge in [0.1, 0.15) is 0 Å². The molecule has 0 aromatic heterocycles. The van der Waals surface area contributed by atoms with Gasteiger partial charge in [0.25, 0.3) is 5.91 Å². The molecule has 0 spiro atoms. The molecule has 0 aliphatic heterocycles. The second-order valence-electron chi connectivity index (χ2n) is 4.17. The second kappa shape index (κ2) is 7.59. The second-order valence-corrected chi connectivity index (χ2v) is 4.17. The summed E-state index contributed by atoms with van der Waals surface area (Å²) in [7, 11) is 0. The standard InChI is InChI=1S/C14H9F4NO.C2H6/c1-7-2-4-8(5-3-7)19-14(20)9-6-10(15)12(17)13(18)11(9)16;1-2/h2-6H,1H3,(H,19,20);1-2H3. The van der Waals surface area contributed by atoms with Crippen molar-refractivity contribution in [3.05, 3.63) is 64.7 Å². The number of rotatable bonds is 2. The third-order valence-corrected chi connectivity index (χ3v) is 2.66. The summed E-state index contributed by atoms with van der Waals surface area (Å²) in [4.78, 5) is 11.7. The average Bonchev–Trinajstić information content (AvgIpc) is 2.53. The van der Waals surface area contributed by atoms with Crippen LogP contribution in [0.1, 0.15) is 29.8 Å². The number of hydrogen-bond donors (Lipinski definition) is 1.